The zero-order valence-electron chi connectivity index (χ0n) is 6.86. The third kappa shape index (κ3) is 4.49. The highest BCUT2D eigenvalue weighted by molar-refractivity contribution is 5.77. The molecule has 2 N–H and O–H groups in total. The van der Waals surface area contributed by atoms with Crippen LogP contribution in [0.4, 0.5) is 0 Å². The van der Waals surface area contributed by atoms with Crippen molar-refractivity contribution in [2.45, 2.75) is 19.8 Å². The van der Waals surface area contributed by atoms with Gasteiger partial charge in [0.25, 0.3) is 0 Å². The first kappa shape index (κ1) is 10.7. The maximum atomic E-state index is 10.4. The van der Waals surface area contributed by atoms with Crippen molar-refractivity contribution in [1.82, 2.24) is 0 Å². The zero-order chi connectivity index (χ0) is 9.56. The van der Waals surface area contributed by atoms with Crippen molar-refractivity contribution in [3.05, 3.63) is 12.2 Å². The highest BCUT2D eigenvalue weighted by atomic mass is 16.4. The summed E-state index contributed by atoms with van der Waals surface area (Å²) in [7, 11) is 0. The van der Waals surface area contributed by atoms with E-state index in [1.807, 2.05) is 0 Å². The minimum atomic E-state index is -1.08. The average Bonchev–Trinajstić information content (AvgIpc) is 1.96. The Morgan fingerprint density at radius 2 is 2.00 bits per heavy atom. The van der Waals surface area contributed by atoms with Crippen LogP contribution in [-0.4, -0.2) is 22.2 Å². The molecule has 68 valence electrons. The Morgan fingerprint density at radius 1 is 1.42 bits per heavy atom. The molecule has 0 aromatic heterocycles. The Kier molecular flexibility index (Phi) is 4.76. The van der Waals surface area contributed by atoms with Crippen LogP contribution in [0.25, 0.3) is 0 Å². The number of hydrogen-bond acceptors (Lipinski definition) is 2. The summed E-state index contributed by atoms with van der Waals surface area (Å²) in [5, 5.41) is 16.9. The Labute approximate surface area is 70.5 Å². The van der Waals surface area contributed by atoms with E-state index in [1.165, 1.54) is 0 Å². The number of carbonyl (C=O) groups is 2. The van der Waals surface area contributed by atoms with E-state index >= 15 is 0 Å². The fourth-order valence-corrected chi connectivity index (χ4v) is 0.783. The van der Waals surface area contributed by atoms with Crippen LogP contribution in [0.2, 0.25) is 0 Å². The molecule has 1 atom stereocenters. The van der Waals surface area contributed by atoms with Crippen LogP contribution in [0.3, 0.4) is 0 Å². The second kappa shape index (κ2) is 5.35. The molecular formula is C8H12O4. The lowest BCUT2D eigenvalue weighted by Gasteiger charge is -2.05. The summed E-state index contributed by atoms with van der Waals surface area (Å²) in [6, 6.07) is 0. The van der Waals surface area contributed by atoms with Gasteiger partial charge in [0, 0.05) is 0 Å². The molecule has 0 rings (SSSR count). The van der Waals surface area contributed by atoms with Crippen molar-refractivity contribution in [3.63, 3.8) is 0 Å². The standard InChI is InChI=1S/C8H12O4/c1-2-3-4-6(8(11)12)5-7(9)10/h2-3,6H,4-5H2,1H3,(H,9,10)(H,11,12)/b3-2+. The van der Waals surface area contributed by atoms with E-state index in [2.05, 4.69) is 0 Å². The molecule has 4 heteroatoms. The quantitative estimate of drug-likeness (QED) is 0.609. The van der Waals surface area contributed by atoms with Crippen molar-refractivity contribution in [2.75, 3.05) is 0 Å². The summed E-state index contributed by atoms with van der Waals surface area (Å²) >= 11 is 0. The first-order valence-corrected chi connectivity index (χ1v) is 3.63. The molecular weight excluding hydrogens is 160 g/mol. The molecule has 4 nitrogen and oxygen atoms in total. The van der Waals surface area contributed by atoms with Gasteiger partial charge in [-0.2, -0.15) is 0 Å². The fourth-order valence-electron chi connectivity index (χ4n) is 0.783. The third-order valence-corrected chi connectivity index (χ3v) is 1.43. The van der Waals surface area contributed by atoms with Crippen molar-refractivity contribution in [2.24, 2.45) is 5.92 Å². The molecule has 0 aliphatic carbocycles. The minimum Gasteiger partial charge on any atom is -0.481 e. The van der Waals surface area contributed by atoms with E-state index < -0.39 is 17.9 Å². The first-order chi connectivity index (χ1) is 5.57. The van der Waals surface area contributed by atoms with Gasteiger partial charge in [-0.3, -0.25) is 9.59 Å². The average molecular weight is 172 g/mol. The summed E-state index contributed by atoms with van der Waals surface area (Å²) in [6.07, 6.45) is 3.32. The molecule has 0 spiro atoms. The predicted molar refractivity (Wildman–Crippen MR) is 42.8 cm³/mol. The third-order valence-electron chi connectivity index (χ3n) is 1.43. The van der Waals surface area contributed by atoms with E-state index in [4.69, 9.17) is 10.2 Å². The van der Waals surface area contributed by atoms with E-state index in [1.54, 1.807) is 19.1 Å². The van der Waals surface area contributed by atoms with Crippen LogP contribution in [0, 0.1) is 5.92 Å². The van der Waals surface area contributed by atoms with Crippen LogP contribution >= 0.6 is 0 Å². The molecule has 12 heavy (non-hydrogen) atoms. The van der Waals surface area contributed by atoms with Gasteiger partial charge in [-0.25, -0.2) is 0 Å². The molecule has 0 aromatic rings. The second-order valence-electron chi connectivity index (χ2n) is 2.44. The summed E-state index contributed by atoms with van der Waals surface area (Å²) in [5.41, 5.74) is 0. The molecule has 0 aliphatic rings. The van der Waals surface area contributed by atoms with E-state index in [9.17, 15) is 9.59 Å². The van der Waals surface area contributed by atoms with Gasteiger partial charge in [-0.1, -0.05) is 12.2 Å². The predicted octanol–water partition coefficient (Wildman–Crippen LogP) is 1.13. The number of hydrogen-bond donors (Lipinski definition) is 2. The maximum Gasteiger partial charge on any atom is 0.307 e. The smallest absolute Gasteiger partial charge is 0.307 e. The molecule has 0 radical (unpaired) electrons. The molecule has 0 saturated heterocycles. The fraction of sp³-hybridized carbons (Fsp3) is 0.500. The SMILES string of the molecule is C/C=C/CC(CC(=O)O)C(=O)O. The largest absolute Gasteiger partial charge is 0.481 e. The number of rotatable bonds is 5. The Hall–Kier alpha value is -1.32. The van der Waals surface area contributed by atoms with Gasteiger partial charge in [-0.05, 0) is 13.3 Å². The lowest BCUT2D eigenvalue weighted by atomic mass is 10.0. The van der Waals surface area contributed by atoms with Crippen molar-refractivity contribution in [3.8, 4) is 0 Å². The van der Waals surface area contributed by atoms with Gasteiger partial charge in [0.1, 0.15) is 0 Å². The Balaban J connectivity index is 4.04. The van der Waals surface area contributed by atoms with Gasteiger partial charge in [0.2, 0.25) is 0 Å². The molecule has 1 unspecified atom stereocenters. The van der Waals surface area contributed by atoms with Crippen LogP contribution in [-0.2, 0) is 9.59 Å². The number of allylic oxidation sites excluding steroid dienone is 2. The zero-order valence-corrected chi connectivity index (χ0v) is 6.86. The Bertz CT molecular complexity index is 195. The number of carboxylic acids is 2. The van der Waals surface area contributed by atoms with Crippen molar-refractivity contribution < 1.29 is 19.8 Å². The van der Waals surface area contributed by atoms with Gasteiger partial charge in [-0.15, -0.1) is 0 Å². The summed E-state index contributed by atoms with van der Waals surface area (Å²) < 4.78 is 0. The van der Waals surface area contributed by atoms with Gasteiger partial charge in [0.15, 0.2) is 0 Å². The molecule has 0 aliphatic heterocycles. The number of aliphatic carboxylic acids is 2. The van der Waals surface area contributed by atoms with Crippen LogP contribution in [0.5, 0.6) is 0 Å². The maximum absolute atomic E-state index is 10.4. The molecule has 0 bridgehead atoms. The van der Waals surface area contributed by atoms with E-state index in [0.29, 0.717) is 0 Å². The monoisotopic (exact) mass is 172 g/mol. The van der Waals surface area contributed by atoms with Crippen LogP contribution in [0.15, 0.2) is 12.2 Å². The second-order valence-corrected chi connectivity index (χ2v) is 2.44. The lowest BCUT2D eigenvalue weighted by Crippen LogP contribution is -2.16. The molecule has 0 heterocycles. The minimum absolute atomic E-state index is 0.276. The van der Waals surface area contributed by atoms with E-state index in [-0.39, 0.29) is 12.8 Å². The van der Waals surface area contributed by atoms with E-state index in [0.717, 1.165) is 0 Å². The van der Waals surface area contributed by atoms with Crippen LogP contribution in [0.1, 0.15) is 19.8 Å². The highest BCUT2D eigenvalue weighted by Gasteiger charge is 2.18. The number of carboxylic acid groups (broad SMARTS) is 2. The highest BCUT2D eigenvalue weighted by Crippen LogP contribution is 2.09. The van der Waals surface area contributed by atoms with Gasteiger partial charge in [0.05, 0.1) is 12.3 Å². The Morgan fingerprint density at radius 3 is 2.33 bits per heavy atom. The summed E-state index contributed by atoms with van der Waals surface area (Å²) in [4.78, 5) is 20.6. The topological polar surface area (TPSA) is 74.6 Å². The molecule has 0 saturated carbocycles. The normalized spacial score (nSPS) is 13.1. The molecule has 0 fully saturated rings. The van der Waals surface area contributed by atoms with Crippen molar-refractivity contribution in [1.29, 1.82) is 0 Å². The van der Waals surface area contributed by atoms with Crippen molar-refractivity contribution >= 4 is 11.9 Å². The van der Waals surface area contributed by atoms with Crippen LogP contribution < -0.4 is 0 Å². The van der Waals surface area contributed by atoms with Gasteiger partial charge < -0.3 is 10.2 Å². The first-order valence-electron chi connectivity index (χ1n) is 3.63. The molecule has 0 amide bonds. The molecule has 0 aromatic carbocycles. The summed E-state index contributed by atoms with van der Waals surface area (Å²) in [6.45, 7) is 1.76. The lowest BCUT2D eigenvalue weighted by molar-refractivity contribution is -0.148. The summed E-state index contributed by atoms with van der Waals surface area (Å²) in [5.74, 6) is -2.94. The van der Waals surface area contributed by atoms with Gasteiger partial charge >= 0.3 is 11.9 Å².